The first-order valence-electron chi connectivity index (χ1n) is 6.83. The monoisotopic (exact) mass is 324 g/mol. The lowest BCUT2D eigenvalue weighted by Crippen LogP contribution is -2.45. The molecule has 1 aromatic carbocycles. The molecule has 1 atom stereocenters. The molecule has 1 amide bonds. The molecule has 1 unspecified atom stereocenters. The number of carbonyl (C=O) groups excluding carboxylic acids is 1. The number of amides is 1. The molecule has 1 aliphatic rings. The van der Waals surface area contributed by atoms with Crippen LogP contribution >= 0.6 is 15.9 Å². The van der Waals surface area contributed by atoms with Crippen molar-refractivity contribution in [1.29, 1.82) is 0 Å². The van der Waals surface area contributed by atoms with Crippen LogP contribution in [0, 0.1) is 0 Å². The third-order valence-electron chi connectivity index (χ3n) is 4.01. The van der Waals surface area contributed by atoms with E-state index in [1.54, 1.807) is 6.92 Å². The predicted molar refractivity (Wildman–Crippen MR) is 80.9 cm³/mol. The zero-order valence-corrected chi connectivity index (χ0v) is 12.9. The van der Waals surface area contributed by atoms with Crippen LogP contribution < -0.4 is 11.1 Å². The lowest BCUT2D eigenvalue weighted by atomic mass is 9.79. The van der Waals surface area contributed by atoms with E-state index in [1.807, 2.05) is 6.07 Å². The summed E-state index contributed by atoms with van der Waals surface area (Å²) in [6.07, 6.45) is 4.70. The second-order valence-corrected chi connectivity index (χ2v) is 6.42. The number of benzene rings is 1. The summed E-state index contributed by atoms with van der Waals surface area (Å²) in [7, 11) is 0. The van der Waals surface area contributed by atoms with E-state index in [1.165, 1.54) is 18.4 Å². The van der Waals surface area contributed by atoms with Gasteiger partial charge in [-0.25, -0.2) is 0 Å². The average molecular weight is 325 g/mol. The maximum atomic E-state index is 11.7. The molecule has 0 aliphatic heterocycles. The summed E-state index contributed by atoms with van der Waals surface area (Å²) in [5.41, 5.74) is 6.99. The second-order valence-electron chi connectivity index (χ2n) is 5.50. The molecule has 0 aromatic heterocycles. The van der Waals surface area contributed by atoms with Crippen LogP contribution in [0.5, 0.6) is 0 Å². The maximum Gasteiger partial charge on any atom is 0.236 e. The van der Waals surface area contributed by atoms with Gasteiger partial charge in [-0.15, -0.1) is 0 Å². The Morgan fingerprint density at radius 3 is 2.74 bits per heavy atom. The summed E-state index contributed by atoms with van der Waals surface area (Å²) in [5.74, 6) is -0.0683. The van der Waals surface area contributed by atoms with Gasteiger partial charge in [0.25, 0.3) is 0 Å². The fraction of sp³-hybridized carbons (Fsp3) is 0.533. The maximum absolute atomic E-state index is 11.7. The van der Waals surface area contributed by atoms with Gasteiger partial charge in [-0.1, -0.05) is 40.9 Å². The molecule has 19 heavy (non-hydrogen) atoms. The van der Waals surface area contributed by atoms with E-state index in [9.17, 15) is 4.79 Å². The Labute approximate surface area is 123 Å². The van der Waals surface area contributed by atoms with Crippen molar-refractivity contribution in [1.82, 2.24) is 5.32 Å². The molecule has 4 heteroatoms. The summed E-state index contributed by atoms with van der Waals surface area (Å²) < 4.78 is 1.09. The summed E-state index contributed by atoms with van der Waals surface area (Å²) >= 11 is 3.53. The molecule has 3 nitrogen and oxygen atoms in total. The van der Waals surface area contributed by atoms with E-state index in [4.69, 9.17) is 5.73 Å². The van der Waals surface area contributed by atoms with Crippen molar-refractivity contribution < 1.29 is 4.79 Å². The summed E-state index contributed by atoms with van der Waals surface area (Å²) in [6, 6.07) is 7.98. The van der Waals surface area contributed by atoms with Crippen molar-refractivity contribution in [3.05, 3.63) is 34.3 Å². The number of halogens is 1. The number of hydrogen-bond donors (Lipinski definition) is 2. The smallest absolute Gasteiger partial charge is 0.236 e. The summed E-state index contributed by atoms with van der Waals surface area (Å²) in [4.78, 5) is 11.7. The first-order chi connectivity index (χ1) is 9.03. The van der Waals surface area contributed by atoms with Gasteiger partial charge in [-0.2, -0.15) is 0 Å². The van der Waals surface area contributed by atoms with Crippen molar-refractivity contribution in [2.24, 2.45) is 5.73 Å². The van der Waals surface area contributed by atoms with Gasteiger partial charge >= 0.3 is 0 Å². The third-order valence-corrected chi connectivity index (χ3v) is 4.51. The van der Waals surface area contributed by atoms with Gasteiger partial charge in [-0.05, 0) is 37.5 Å². The molecule has 2 rings (SSSR count). The van der Waals surface area contributed by atoms with Gasteiger partial charge in [0.05, 0.1) is 6.04 Å². The van der Waals surface area contributed by atoms with Gasteiger partial charge < -0.3 is 11.1 Å². The molecule has 104 valence electrons. The molecule has 0 bridgehead atoms. The van der Waals surface area contributed by atoms with Gasteiger partial charge in [0.1, 0.15) is 0 Å². The fourth-order valence-electron chi connectivity index (χ4n) is 2.85. The SMILES string of the molecule is CC(N)C(=O)NCC1(c2cccc(Br)c2)CCCC1. The molecule has 1 aliphatic carbocycles. The van der Waals surface area contributed by atoms with Crippen LogP contribution in [0.3, 0.4) is 0 Å². The minimum Gasteiger partial charge on any atom is -0.354 e. The Morgan fingerprint density at radius 2 is 2.16 bits per heavy atom. The largest absolute Gasteiger partial charge is 0.354 e. The number of carbonyl (C=O) groups is 1. The molecule has 3 N–H and O–H groups in total. The minimum absolute atomic E-state index is 0.0683. The summed E-state index contributed by atoms with van der Waals surface area (Å²) in [5, 5.41) is 3.00. The first-order valence-corrected chi connectivity index (χ1v) is 7.62. The Kier molecular flexibility index (Phi) is 4.63. The van der Waals surface area contributed by atoms with Crippen LogP contribution in [0.25, 0.3) is 0 Å². The van der Waals surface area contributed by atoms with E-state index >= 15 is 0 Å². The predicted octanol–water partition coefficient (Wildman–Crippen LogP) is 2.72. The Balaban J connectivity index is 2.16. The van der Waals surface area contributed by atoms with Crippen LogP contribution in [0.2, 0.25) is 0 Å². The highest BCUT2D eigenvalue weighted by molar-refractivity contribution is 9.10. The molecule has 1 saturated carbocycles. The van der Waals surface area contributed by atoms with E-state index in [2.05, 4.69) is 39.4 Å². The number of hydrogen-bond acceptors (Lipinski definition) is 2. The van der Waals surface area contributed by atoms with Crippen LogP contribution in [0.4, 0.5) is 0 Å². The topological polar surface area (TPSA) is 55.1 Å². The molecule has 1 fully saturated rings. The van der Waals surface area contributed by atoms with E-state index in [-0.39, 0.29) is 11.3 Å². The molecule has 0 saturated heterocycles. The van der Waals surface area contributed by atoms with Gasteiger partial charge in [-0.3, -0.25) is 4.79 Å². The number of rotatable bonds is 4. The summed E-state index contributed by atoms with van der Waals surface area (Å²) in [6.45, 7) is 2.40. The standard InChI is InChI=1S/C15H21BrN2O/c1-11(17)14(19)18-10-15(7-2-3-8-15)12-5-4-6-13(16)9-12/h4-6,9,11H,2-3,7-8,10,17H2,1H3,(H,18,19). The van der Waals surface area contributed by atoms with Crippen molar-refractivity contribution in [3.63, 3.8) is 0 Å². The van der Waals surface area contributed by atoms with E-state index in [0.717, 1.165) is 17.3 Å². The third kappa shape index (κ3) is 3.37. The lowest BCUT2D eigenvalue weighted by molar-refractivity contribution is -0.122. The quantitative estimate of drug-likeness (QED) is 0.894. The van der Waals surface area contributed by atoms with Crippen molar-refractivity contribution >= 4 is 21.8 Å². The van der Waals surface area contributed by atoms with Gasteiger partial charge in [0.2, 0.25) is 5.91 Å². The van der Waals surface area contributed by atoms with Crippen LogP contribution in [0.1, 0.15) is 38.2 Å². The number of nitrogens with two attached hydrogens (primary N) is 1. The van der Waals surface area contributed by atoms with E-state index < -0.39 is 6.04 Å². The Bertz CT molecular complexity index is 453. The minimum atomic E-state index is -0.444. The highest BCUT2D eigenvalue weighted by atomic mass is 79.9. The first kappa shape index (κ1) is 14.5. The molecule has 0 heterocycles. The highest BCUT2D eigenvalue weighted by Crippen LogP contribution is 2.41. The normalized spacial score (nSPS) is 19.1. The van der Waals surface area contributed by atoms with Crippen molar-refractivity contribution in [2.75, 3.05) is 6.54 Å². The molecular formula is C15H21BrN2O. The van der Waals surface area contributed by atoms with Gasteiger partial charge in [0.15, 0.2) is 0 Å². The van der Waals surface area contributed by atoms with Crippen LogP contribution in [-0.4, -0.2) is 18.5 Å². The molecular weight excluding hydrogens is 304 g/mol. The zero-order valence-electron chi connectivity index (χ0n) is 11.3. The Morgan fingerprint density at radius 1 is 1.47 bits per heavy atom. The highest BCUT2D eigenvalue weighted by Gasteiger charge is 2.36. The average Bonchev–Trinajstić information content (AvgIpc) is 2.86. The van der Waals surface area contributed by atoms with Crippen molar-refractivity contribution in [2.45, 2.75) is 44.1 Å². The van der Waals surface area contributed by atoms with Crippen molar-refractivity contribution in [3.8, 4) is 0 Å². The lowest BCUT2D eigenvalue weighted by Gasteiger charge is -2.30. The zero-order chi connectivity index (χ0) is 13.9. The van der Waals surface area contributed by atoms with E-state index in [0.29, 0.717) is 6.54 Å². The molecule has 1 aromatic rings. The second kappa shape index (κ2) is 6.06. The van der Waals surface area contributed by atoms with Crippen LogP contribution in [-0.2, 0) is 10.2 Å². The molecule has 0 radical (unpaired) electrons. The number of nitrogens with one attached hydrogen (secondary N) is 1. The van der Waals surface area contributed by atoms with Crippen LogP contribution in [0.15, 0.2) is 28.7 Å². The molecule has 0 spiro atoms. The van der Waals surface area contributed by atoms with Gasteiger partial charge in [0, 0.05) is 16.4 Å². The Hall–Kier alpha value is -0.870. The fourth-order valence-corrected chi connectivity index (χ4v) is 3.25.